The third kappa shape index (κ3) is 9.70. The molecule has 11 nitrogen and oxygen atoms in total. The highest BCUT2D eigenvalue weighted by Crippen LogP contribution is 2.38. The number of nitrogens with zero attached hydrogens (tertiary/aromatic N) is 6. The minimum atomic E-state index is -0.543. The Morgan fingerprint density at radius 1 is 0.885 bits per heavy atom. The molecule has 1 aliphatic rings. The van der Waals surface area contributed by atoms with E-state index in [0.717, 1.165) is 50.7 Å². The van der Waals surface area contributed by atoms with Crippen molar-refractivity contribution in [3.8, 4) is 56.2 Å². The number of halogens is 1. The zero-order valence-corrected chi connectivity index (χ0v) is 33.1. The van der Waals surface area contributed by atoms with Crippen molar-refractivity contribution in [2.24, 2.45) is 0 Å². The second-order valence-electron chi connectivity index (χ2n) is 13.4. The standard InChI is InChI=1S/C26H28N4O3S.C12H10BrN3OS/c1-15(2)32-22-12-9-16(13-17(22)14-27)24-29-23(30-34-24)20-8-6-7-19-18(20)10-11-21(19)28-25(31)33-26(3,4)5;1-7(2)17-10-4-3-8(5-9(10)6-14)11-15-12(13)16-18-11/h6-9,12-13,15,21H,10-11H2,1-5H3,(H,28,31);3-5,7H,1-2H3/t21-;/m0./s1. The molecule has 2 aromatic heterocycles. The minimum Gasteiger partial charge on any atom is -0.490 e. The number of hydrogen-bond acceptors (Lipinski definition) is 12. The van der Waals surface area contributed by atoms with Crippen molar-refractivity contribution in [3.05, 3.63) is 81.6 Å². The van der Waals surface area contributed by atoms with E-state index < -0.39 is 11.7 Å². The summed E-state index contributed by atoms with van der Waals surface area (Å²) in [7, 11) is 0. The smallest absolute Gasteiger partial charge is 0.408 e. The third-order valence-electron chi connectivity index (χ3n) is 7.45. The molecule has 5 aromatic rings. The van der Waals surface area contributed by atoms with Gasteiger partial charge in [-0.3, -0.25) is 0 Å². The number of nitriles is 2. The number of nitrogens with one attached hydrogen (secondary N) is 1. The second kappa shape index (κ2) is 16.6. The molecule has 0 radical (unpaired) electrons. The summed E-state index contributed by atoms with van der Waals surface area (Å²) in [5.74, 6) is 1.81. The molecule has 1 aliphatic carbocycles. The molecule has 6 rings (SSSR count). The van der Waals surface area contributed by atoms with Crippen LogP contribution in [0.5, 0.6) is 11.5 Å². The van der Waals surface area contributed by atoms with E-state index in [9.17, 15) is 10.1 Å². The fourth-order valence-electron chi connectivity index (χ4n) is 5.45. The lowest BCUT2D eigenvalue weighted by Crippen LogP contribution is -2.34. The maximum Gasteiger partial charge on any atom is 0.408 e. The van der Waals surface area contributed by atoms with Gasteiger partial charge in [-0.05, 0) is 148 Å². The zero-order valence-electron chi connectivity index (χ0n) is 29.9. The van der Waals surface area contributed by atoms with E-state index in [4.69, 9.17) is 24.5 Å². The first kappa shape index (κ1) is 38.3. The largest absolute Gasteiger partial charge is 0.490 e. The first-order valence-corrected chi connectivity index (χ1v) is 19.0. The van der Waals surface area contributed by atoms with E-state index in [1.54, 1.807) is 18.2 Å². The van der Waals surface area contributed by atoms with Gasteiger partial charge in [-0.25, -0.2) is 14.8 Å². The number of amides is 1. The van der Waals surface area contributed by atoms with Crippen molar-refractivity contribution >= 4 is 45.1 Å². The van der Waals surface area contributed by atoms with Gasteiger partial charge in [0.1, 0.15) is 39.3 Å². The Morgan fingerprint density at radius 2 is 1.46 bits per heavy atom. The third-order valence-corrected chi connectivity index (χ3v) is 9.57. The molecular formula is C38H38BrN7O4S2. The molecule has 0 unspecified atom stereocenters. The van der Waals surface area contributed by atoms with Crippen LogP contribution in [0.25, 0.3) is 32.5 Å². The highest BCUT2D eigenvalue weighted by Gasteiger charge is 2.29. The Bertz CT molecular complexity index is 2140. The molecule has 1 N–H and O–H groups in total. The van der Waals surface area contributed by atoms with Crippen molar-refractivity contribution in [1.82, 2.24) is 24.0 Å². The highest BCUT2D eigenvalue weighted by atomic mass is 79.9. The van der Waals surface area contributed by atoms with E-state index in [1.165, 1.54) is 23.1 Å². The Hall–Kier alpha value is -4.89. The lowest BCUT2D eigenvalue weighted by molar-refractivity contribution is 0.0503. The number of carbonyl (C=O) groups is 1. The minimum absolute atomic E-state index is 0.0140. The van der Waals surface area contributed by atoms with E-state index in [-0.39, 0.29) is 18.2 Å². The summed E-state index contributed by atoms with van der Waals surface area (Å²) < 4.78 is 25.9. The van der Waals surface area contributed by atoms with Crippen LogP contribution in [0.3, 0.4) is 0 Å². The summed E-state index contributed by atoms with van der Waals surface area (Å²) in [6, 6.07) is 21.2. The molecule has 14 heteroatoms. The molecule has 2 heterocycles. The van der Waals surface area contributed by atoms with Crippen molar-refractivity contribution in [2.45, 2.75) is 85.2 Å². The number of hydrogen-bond donors (Lipinski definition) is 1. The molecule has 0 aliphatic heterocycles. The summed E-state index contributed by atoms with van der Waals surface area (Å²) in [6.45, 7) is 13.3. The van der Waals surface area contributed by atoms with Gasteiger partial charge in [0.25, 0.3) is 0 Å². The number of ether oxygens (including phenoxy) is 3. The van der Waals surface area contributed by atoms with Crippen LogP contribution in [0.2, 0.25) is 0 Å². The summed E-state index contributed by atoms with van der Waals surface area (Å²) >= 11 is 5.79. The van der Waals surface area contributed by atoms with Crippen LogP contribution < -0.4 is 14.8 Å². The van der Waals surface area contributed by atoms with E-state index in [1.807, 2.05) is 84.9 Å². The van der Waals surface area contributed by atoms with Gasteiger partial charge in [0.05, 0.1) is 29.4 Å². The number of benzene rings is 3. The molecule has 0 saturated carbocycles. The first-order chi connectivity index (χ1) is 24.7. The molecule has 0 fully saturated rings. The van der Waals surface area contributed by atoms with Crippen LogP contribution in [0, 0.1) is 22.7 Å². The molecule has 52 heavy (non-hydrogen) atoms. The van der Waals surface area contributed by atoms with Gasteiger partial charge in [0, 0.05) is 16.7 Å². The summed E-state index contributed by atoms with van der Waals surface area (Å²) in [5.41, 5.74) is 5.31. The summed E-state index contributed by atoms with van der Waals surface area (Å²) in [5, 5.41) is 23.2. The topological polar surface area (TPSA) is 156 Å². The lowest BCUT2D eigenvalue weighted by atomic mass is 10.0. The molecular weight excluding hydrogens is 763 g/mol. The normalized spacial score (nSPS) is 13.4. The number of alkyl carbamates (subject to hydrolysis) is 1. The number of fused-ring (bicyclic) bond motifs is 1. The number of rotatable bonds is 8. The van der Waals surface area contributed by atoms with Crippen LogP contribution >= 0.6 is 39.0 Å². The van der Waals surface area contributed by atoms with Gasteiger partial charge >= 0.3 is 6.09 Å². The average molecular weight is 801 g/mol. The van der Waals surface area contributed by atoms with Crippen molar-refractivity contribution in [2.75, 3.05) is 0 Å². The van der Waals surface area contributed by atoms with Gasteiger partial charge in [-0.2, -0.15) is 19.3 Å². The van der Waals surface area contributed by atoms with E-state index in [0.29, 0.717) is 33.2 Å². The first-order valence-electron chi connectivity index (χ1n) is 16.6. The SMILES string of the molecule is CC(C)Oc1ccc(-c2nc(-c3cccc4c3CC[C@@H]4NC(=O)OC(C)(C)C)ns2)cc1C#N.CC(C)Oc1ccc(-c2nc(Br)ns2)cc1C#N. The second-order valence-corrected chi connectivity index (χ2v) is 15.6. The Morgan fingerprint density at radius 3 is 1.98 bits per heavy atom. The van der Waals surface area contributed by atoms with Crippen LogP contribution in [-0.4, -0.2) is 42.6 Å². The quantitative estimate of drug-likeness (QED) is 0.160. The maximum absolute atomic E-state index is 12.3. The van der Waals surface area contributed by atoms with E-state index in [2.05, 4.69) is 47.1 Å². The molecule has 3 aromatic carbocycles. The van der Waals surface area contributed by atoms with Crippen LogP contribution in [0.4, 0.5) is 4.79 Å². The molecule has 0 bridgehead atoms. The predicted molar refractivity (Wildman–Crippen MR) is 205 cm³/mol. The molecule has 268 valence electrons. The van der Waals surface area contributed by atoms with Crippen LogP contribution in [0.15, 0.2) is 59.3 Å². The monoisotopic (exact) mass is 799 g/mol. The van der Waals surface area contributed by atoms with Crippen molar-refractivity contribution in [1.29, 1.82) is 10.5 Å². The number of carbonyl (C=O) groups excluding carboxylic acids is 1. The van der Waals surface area contributed by atoms with Gasteiger partial charge in [-0.1, -0.05) is 18.2 Å². The Kier molecular flexibility index (Phi) is 12.3. The van der Waals surface area contributed by atoms with Gasteiger partial charge in [0.2, 0.25) is 4.73 Å². The maximum atomic E-state index is 12.3. The fraction of sp³-hybridized carbons (Fsp3) is 0.342. The Labute approximate surface area is 320 Å². The van der Waals surface area contributed by atoms with Gasteiger partial charge < -0.3 is 19.5 Å². The molecule has 1 atom stereocenters. The van der Waals surface area contributed by atoms with Crippen LogP contribution in [-0.2, 0) is 11.2 Å². The fourth-order valence-corrected chi connectivity index (χ4v) is 7.20. The lowest BCUT2D eigenvalue weighted by Gasteiger charge is -2.22. The summed E-state index contributed by atoms with van der Waals surface area (Å²) in [6.07, 6.45) is 1.23. The highest BCUT2D eigenvalue weighted by molar-refractivity contribution is 9.10. The average Bonchev–Trinajstić information content (AvgIpc) is 3.85. The van der Waals surface area contributed by atoms with Crippen molar-refractivity contribution in [3.63, 3.8) is 0 Å². The van der Waals surface area contributed by atoms with Gasteiger partial charge in [0.15, 0.2) is 5.82 Å². The van der Waals surface area contributed by atoms with E-state index >= 15 is 0 Å². The number of aromatic nitrogens is 4. The Balaban J connectivity index is 0.000000244. The molecule has 0 saturated heterocycles. The molecule has 1 amide bonds. The van der Waals surface area contributed by atoms with Gasteiger partial charge in [-0.15, -0.1) is 0 Å². The molecule has 0 spiro atoms. The zero-order chi connectivity index (χ0) is 37.6. The van der Waals surface area contributed by atoms with Crippen molar-refractivity contribution < 1.29 is 19.0 Å². The van der Waals surface area contributed by atoms with Crippen LogP contribution in [0.1, 0.15) is 83.2 Å². The predicted octanol–water partition coefficient (Wildman–Crippen LogP) is 9.67. The summed E-state index contributed by atoms with van der Waals surface area (Å²) in [4.78, 5) is 21.3.